The first-order valence-corrected chi connectivity index (χ1v) is 6.24. The molecule has 1 heterocycles. The van der Waals surface area contributed by atoms with Crippen LogP contribution in [0.2, 0.25) is 0 Å². The molecule has 2 atom stereocenters. The number of primary amides is 1. The van der Waals surface area contributed by atoms with E-state index >= 15 is 0 Å². The summed E-state index contributed by atoms with van der Waals surface area (Å²) >= 11 is 0. The van der Waals surface area contributed by atoms with Crippen molar-refractivity contribution in [2.75, 3.05) is 6.54 Å². The first-order chi connectivity index (χ1) is 8.34. The van der Waals surface area contributed by atoms with Crippen molar-refractivity contribution in [1.29, 1.82) is 0 Å². The van der Waals surface area contributed by atoms with Crippen molar-refractivity contribution in [1.82, 2.24) is 10.2 Å². The lowest BCUT2D eigenvalue weighted by Crippen LogP contribution is -2.52. The molecule has 0 aromatic carbocycles. The Labute approximate surface area is 107 Å². The van der Waals surface area contributed by atoms with Crippen molar-refractivity contribution >= 4 is 17.7 Å². The summed E-state index contributed by atoms with van der Waals surface area (Å²) in [4.78, 5) is 36.3. The highest BCUT2D eigenvalue weighted by Gasteiger charge is 2.35. The standard InChI is InChI=1S/C12H21N3O3/c1-7(2)11(17)14-8(3)12(18)15-6-4-5-9(15)10(13)16/h7-9H,4-6H2,1-3H3,(H2,13,16)(H,14,17)/t8-,9-/m0/s1. The van der Waals surface area contributed by atoms with Crippen LogP contribution in [0.15, 0.2) is 0 Å². The molecule has 3 amide bonds. The van der Waals surface area contributed by atoms with Crippen LogP contribution < -0.4 is 11.1 Å². The summed E-state index contributed by atoms with van der Waals surface area (Å²) < 4.78 is 0. The number of carbonyl (C=O) groups excluding carboxylic acids is 3. The van der Waals surface area contributed by atoms with Gasteiger partial charge in [-0.1, -0.05) is 13.8 Å². The van der Waals surface area contributed by atoms with E-state index in [9.17, 15) is 14.4 Å². The Bertz CT molecular complexity index is 354. The van der Waals surface area contributed by atoms with E-state index in [4.69, 9.17) is 5.73 Å². The Morgan fingerprint density at radius 2 is 1.89 bits per heavy atom. The van der Waals surface area contributed by atoms with E-state index in [1.165, 1.54) is 4.90 Å². The Morgan fingerprint density at radius 3 is 2.39 bits per heavy atom. The minimum absolute atomic E-state index is 0.175. The van der Waals surface area contributed by atoms with Crippen LogP contribution in [0.4, 0.5) is 0 Å². The largest absolute Gasteiger partial charge is 0.368 e. The molecule has 0 aromatic heterocycles. The zero-order valence-corrected chi connectivity index (χ0v) is 11.1. The molecule has 3 N–H and O–H groups in total. The maximum absolute atomic E-state index is 12.1. The van der Waals surface area contributed by atoms with E-state index in [0.717, 1.165) is 6.42 Å². The van der Waals surface area contributed by atoms with Crippen LogP contribution in [-0.4, -0.2) is 41.2 Å². The van der Waals surface area contributed by atoms with E-state index in [1.807, 2.05) is 0 Å². The summed E-state index contributed by atoms with van der Waals surface area (Å²) in [7, 11) is 0. The van der Waals surface area contributed by atoms with E-state index < -0.39 is 18.0 Å². The Morgan fingerprint density at radius 1 is 1.28 bits per heavy atom. The molecule has 102 valence electrons. The summed E-state index contributed by atoms with van der Waals surface area (Å²) in [6, 6.07) is -1.16. The molecular weight excluding hydrogens is 234 g/mol. The van der Waals surface area contributed by atoms with Gasteiger partial charge < -0.3 is 16.0 Å². The third kappa shape index (κ3) is 3.21. The topological polar surface area (TPSA) is 92.5 Å². The molecule has 0 radical (unpaired) electrons. The molecule has 1 saturated heterocycles. The van der Waals surface area contributed by atoms with Crippen molar-refractivity contribution in [3.63, 3.8) is 0 Å². The second-order valence-electron chi connectivity index (χ2n) is 4.98. The number of hydrogen-bond donors (Lipinski definition) is 2. The van der Waals surface area contributed by atoms with Gasteiger partial charge in [0.2, 0.25) is 17.7 Å². The zero-order valence-electron chi connectivity index (χ0n) is 11.1. The number of nitrogens with zero attached hydrogens (tertiary/aromatic N) is 1. The van der Waals surface area contributed by atoms with Crippen molar-refractivity contribution in [3.8, 4) is 0 Å². The van der Waals surface area contributed by atoms with Gasteiger partial charge in [-0.2, -0.15) is 0 Å². The predicted molar refractivity (Wildman–Crippen MR) is 66.4 cm³/mol. The molecular formula is C12H21N3O3. The van der Waals surface area contributed by atoms with Gasteiger partial charge in [0.15, 0.2) is 0 Å². The minimum Gasteiger partial charge on any atom is -0.368 e. The summed E-state index contributed by atoms with van der Waals surface area (Å²) in [6.07, 6.45) is 1.37. The Hall–Kier alpha value is -1.59. The molecule has 1 aliphatic heterocycles. The number of likely N-dealkylation sites (tertiary alicyclic amines) is 1. The summed E-state index contributed by atoms with van der Waals surface area (Å²) in [5.41, 5.74) is 5.26. The van der Waals surface area contributed by atoms with Gasteiger partial charge in [-0.3, -0.25) is 14.4 Å². The number of carbonyl (C=O) groups is 3. The van der Waals surface area contributed by atoms with Gasteiger partial charge in [-0.15, -0.1) is 0 Å². The van der Waals surface area contributed by atoms with Crippen molar-refractivity contribution in [2.45, 2.75) is 45.7 Å². The van der Waals surface area contributed by atoms with Gasteiger partial charge in [0.1, 0.15) is 12.1 Å². The van der Waals surface area contributed by atoms with Gasteiger partial charge in [-0.05, 0) is 19.8 Å². The summed E-state index contributed by atoms with van der Waals surface area (Å²) in [5, 5.41) is 2.63. The molecule has 1 fully saturated rings. The van der Waals surface area contributed by atoms with Crippen LogP contribution >= 0.6 is 0 Å². The van der Waals surface area contributed by atoms with E-state index in [0.29, 0.717) is 13.0 Å². The maximum atomic E-state index is 12.1. The predicted octanol–water partition coefficient (Wildman–Crippen LogP) is -0.377. The smallest absolute Gasteiger partial charge is 0.245 e. The summed E-state index contributed by atoms with van der Waals surface area (Å²) in [6.45, 7) is 5.66. The molecule has 0 aromatic rings. The van der Waals surface area contributed by atoms with Crippen LogP contribution in [0, 0.1) is 5.92 Å². The fourth-order valence-electron chi connectivity index (χ4n) is 2.02. The Balaban J connectivity index is 2.63. The van der Waals surface area contributed by atoms with Gasteiger partial charge in [0, 0.05) is 12.5 Å². The number of rotatable bonds is 4. The molecule has 1 aliphatic rings. The maximum Gasteiger partial charge on any atom is 0.245 e. The number of nitrogens with one attached hydrogen (secondary N) is 1. The summed E-state index contributed by atoms with van der Waals surface area (Å²) in [5.74, 6) is -1.08. The molecule has 0 unspecified atom stereocenters. The van der Waals surface area contributed by atoms with Crippen molar-refractivity contribution in [3.05, 3.63) is 0 Å². The molecule has 6 heteroatoms. The second-order valence-corrected chi connectivity index (χ2v) is 4.98. The third-order valence-electron chi connectivity index (χ3n) is 3.12. The lowest BCUT2D eigenvalue weighted by atomic mass is 10.1. The van der Waals surface area contributed by atoms with Crippen LogP contribution in [0.1, 0.15) is 33.6 Å². The lowest BCUT2D eigenvalue weighted by Gasteiger charge is -2.26. The molecule has 0 saturated carbocycles. The average Bonchev–Trinajstić information content (AvgIpc) is 2.76. The number of amides is 3. The lowest BCUT2D eigenvalue weighted by molar-refractivity contribution is -0.140. The second kappa shape index (κ2) is 5.84. The van der Waals surface area contributed by atoms with Crippen LogP contribution in [-0.2, 0) is 14.4 Å². The molecule has 6 nitrogen and oxygen atoms in total. The number of nitrogens with two attached hydrogens (primary N) is 1. The average molecular weight is 255 g/mol. The highest BCUT2D eigenvalue weighted by molar-refractivity contribution is 5.92. The third-order valence-corrected chi connectivity index (χ3v) is 3.12. The minimum atomic E-state index is -0.625. The normalized spacial score (nSPS) is 20.9. The van der Waals surface area contributed by atoms with Crippen LogP contribution in [0.5, 0.6) is 0 Å². The van der Waals surface area contributed by atoms with Crippen LogP contribution in [0.25, 0.3) is 0 Å². The van der Waals surface area contributed by atoms with E-state index in [2.05, 4.69) is 5.32 Å². The highest BCUT2D eigenvalue weighted by Crippen LogP contribution is 2.17. The quantitative estimate of drug-likeness (QED) is 0.717. The van der Waals surface area contributed by atoms with Gasteiger partial charge in [-0.25, -0.2) is 0 Å². The fourth-order valence-corrected chi connectivity index (χ4v) is 2.02. The molecule has 0 spiro atoms. The first-order valence-electron chi connectivity index (χ1n) is 6.24. The molecule has 0 bridgehead atoms. The molecule has 18 heavy (non-hydrogen) atoms. The SMILES string of the molecule is CC(C)C(=O)N[C@@H](C)C(=O)N1CCC[C@H]1C(N)=O. The molecule has 0 aliphatic carbocycles. The number of hydrogen-bond acceptors (Lipinski definition) is 3. The van der Waals surface area contributed by atoms with Crippen molar-refractivity contribution in [2.24, 2.45) is 11.7 Å². The highest BCUT2D eigenvalue weighted by atomic mass is 16.2. The van der Waals surface area contributed by atoms with Crippen molar-refractivity contribution < 1.29 is 14.4 Å². The van der Waals surface area contributed by atoms with Gasteiger partial charge >= 0.3 is 0 Å². The zero-order chi connectivity index (χ0) is 13.9. The van der Waals surface area contributed by atoms with Crippen LogP contribution in [0.3, 0.4) is 0 Å². The fraction of sp³-hybridized carbons (Fsp3) is 0.750. The van der Waals surface area contributed by atoms with Gasteiger partial charge in [0.05, 0.1) is 0 Å². The monoisotopic (exact) mass is 255 g/mol. The first kappa shape index (κ1) is 14.5. The van der Waals surface area contributed by atoms with E-state index in [1.54, 1.807) is 20.8 Å². The van der Waals surface area contributed by atoms with Gasteiger partial charge in [0.25, 0.3) is 0 Å². The van der Waals surface area contributed by atoms with E-state index in [-0.39, 0.29) is 17.7 Å². The Kier molecular flexibility index (Phi) is 4.69. The molecule has 1 rings (SSSR count).